The van der Waals surface area contributed by atoms with Gasteiger partial charge < -0.3 is 9.67 Å². The molecule has 0 saturated carbocycles. The van der Waals surface area contributed by atoms with Crippen LogP contribution in [0.4, 0.5) is 8.78 Å². The second kappa shape index (κ2) is 6.55. The molecule has 4 nitrogen and oxygen atoms in total. The summed E-state index contributed by atoms with van der Waals surface area (Å²) in [6.45, 7) is 0. The number of carboxylic acid groups (broad SMARTS) is 1. The molecule has 1 aliphatic rings. The summed E-state index contributed by atoms with van der Waals surface area (Å²) in [7, 11) is 1.54. The third kappa shape index (κ3) is 2.89. The molecule has 28 heavy (non-hydrogen) atoms. The van der Waals surface area contributed by atoms with Gasteiger partial charge in [0.15, 0.2) is 0 Å². The van der Waals surface area contributed by atoms with Crippen LogP contribution in [0.5, 0.6) is 0 Å². The summed E-state index contributed by atoms with van der Waals surface area (Å²) < 4.78 is 29.8. The molecule has 0 bridgehead atoms. The Labute approximate surface area is 160 Å². The molecule has 0 radical (unpaired) electrons. The van der Waals surface area contributed by atoms with Crippen LogP contribution in [0.1, 0.15) is 29.7 Å². The van der Waals surface area contributed by atoms with E-state index in [1.165, 1.54) is 10.6 Å². The Hall–Kier alpha value is -3.02. The fourth-order valence-electron chi connectivity index (χ4n) is 4.13. The van der Waals surface area contributed by atoms with Gasteiger partial charge in [-0.05, 0) is 35.4 Å². The molecule has 1 heterocycles. The topological polar surface area (TPSA) is 59.3 Å². The fraction of sp³-hybridized carbons (Fsp3) is 0.273. The summed E-state index contributed by atoms with van der Waals surface area (Å²) in [6, 6.07) is 11.8. The average Bonchev–Trinajstić information content (AvgIpc) is 2.65. The van der Waals surface area contributed by atoms with Crippen molar-refractivity contribution in [3.8, 4) is 11.1 Å². The number of alkyl halides is 2. The highest BCUT2D eigenvalue weighted by atomic mass is 19.3. The van der Waals surface area contributed by atoms with Crippen LogP contribution in [0, 0.1) is 0 Å². The molecule has 6 heteroatoms. The number of rotatable bonds is 3. The molecule has 0 amide bonds. The van der Waals surface area contributed by atoms with Crippen molar-refractivity contribution in [1.82, 2.24) is 4.57 Å². The van der Waals surface area contributed by atoms with Gasteiger partial charge in [-0.1, -0.05) is 36.4 Å². The zero-order valence-electron chi connectivity index (χ0n) is 15.3. The lowest BCUT2D eigenvalue weighted by Crippen LogP contribution is -2.24. The van der Waals surface area contributed by atoms with Crippen molar-refractivity contribution in [3.63, 3.8) is 0 Å². The maximum Gasteiger partial charge on any atom is 0.309 e. The van der Waals surface area contributed by atoms with Crippen LogP contribution < -0.4 is 5.56 Å². The summed E-state index contributed by atoms with van der Waals surface area (Å²) >= 11 is 0. The number of nitrogens with zero attached hydrogens (tertiary/aromatic N) is 1. The van der Waals surface area contributed by atoms with Crippen LogP contribution in [-0.2, 0) is 30.6 Å². The highest BCUT2D eigenvalue weighted by Crippen LogP contribution is 2.42. The molecule has 1 N–H and O–H groups in total. The molecule has 1 aromatic heterocycles. The second-order valence-electron chi connectivity index (χ2n) is 7.23. The molecule has 144 valence electrons. The maximum atomic E-state index is 14.2. The lowest BCUT2D eigenvalue weighted by Gasteiger charge is -2.26. The van der Waals surface area contributed by atoms with Crippen molar-refractivity contribution in [3.05, 3.63) is 69.6 Å². The van der Waals surface area contributed by atoms with Crippen molar-refractivity contribution >= 4 is 16.7 Å². The minimum Gasteiger partial charge on any atom is -0.481 e. The number of hydrogen-bond donors (Lipinski definition) is 1. The van der Waals surface area contributed by atoms with Crippen LogP contribution in [0.2, 0.25) is 0 Å². The smallest absolute Gasteiger partial charge is 0.309 e. The minimum atomic E-state index is -2.85. The first-order chi connectivity index (χ1) is 13.3. The van der Waals surface area contributed by atoms with E-state index in [9.17, 15) is 23.5 Å². The molecule has 0 spiro atoms. The number of fused-ring (bicyclic) bond motifs is 2. The molecule has 2 aromatic carbocycles. The minimum absolute atomic E-state index is 0.0383. The summed E-state index contributed by atoms with van der Waals surface area (Å²) in [5, 5.41) is 10.5. The first-order valence-electron chi connectivity index (χ1n) is 9.13. The Kier molecular flexibility index (Phi) is 4.29. The standard InChI is InChI=1S/C22H19F2NO3/c1-25-18(12-19(26)27)20(15-6-2-3-7-16(15)21(25)28)14-8-9-17-13(11-14)5-4-10-22(17,23)24/h2-3,6-9,11H,4-5,10,12H2,1H3,(H,26,27). The van der Waals surface area contributed by atoms with Crippen molar-refractivity contribution < 1.29 is 18.7 Å². The summed E-state index contributed by atoms with van der Waals surface area (Å²) in [5.74, 6) is -3.90. The predicted molar refractivity (Wildman–Crippen MR) is 103 cm³/mol. The van der Waals surface area contributed by atoms with Crippen molar-refractivity contribution in [1.29, 1.82) is 0 Å². The predicted octanol–water partition coefficient (Wildman–Crippen LogP) is 4.26. The number of carbonyl (C=O) groups is 1. The third-order valence-electron chi connectivity index (χ3n) is 5.47. The van der Waals surface area contributed by atoms with Gasteiger partial charge in [-0.15, -0.1) is 0 Å². The molecule has 0 atom stereocenters. The van der Waals surface area contributed by atoms with Crippen LogP contribution in [0.25, 0.3) is 21.9 Å². The monoisotopic (exact) mass is 383 g/mol. The quantitative estimate of drug-likeness (QED) is 0.735. The Morgan fingerprint density at radius 3 is 2.61 bits per heavy atom. The molecular formula is C22H19F2NO3. The Morgan fingerprint density at radius 1 is 1.18 bits per heavy atom. The first kappa shape index (κ1) is 18.3. The van der Waals surface area contributed by atoms with E-state index in [1.54, 1.807) is 43.4 Å². The van der Waals surface area contributed by atoms with E-state index in [-0.39, 0.29) is 24.0 Å². The van der Waals surface area contributed by atoms with Gasteiger partial charge in [-0.25, -0.2) is 8.78 Å². The van der Waals surface area contributed by atoms with Gasteiger partial charge in [0.05, 0.1) is 6.42 Å². The van der Waals surface area contributed by atoms with Crippen LogP contribution >= 0.6 is 0 Å². The number of benzene rings is 2. The fourth-order valence-corrected chi connectivity index (χ4v) is 4.13. The van der Waals surface area contributed by atoms with Crippen LogP contribution in [0.3, 0.4) is 0 Å². The summed E-state index contributed by atoms with van der Waals surface area (Å²) in [4.78, 5) is 24.2. The molecule has 3 aromatic rings. The number of hydrogen-bond acceptors (Lipinski definition) is 2. The van der Waals surface area contributed by atoms with Gasteiger partial charge in [0.2, 0.25) is 0 Å². The highest BCUT2D eigenvalue weighted by molar-refractivity contribution is 5.98. The van der Waals surface area contributed by atoms with E-state index in [2.05, 4.69) is 0 Å². The van der Waals surface area contributed by atoms with E-state index in [1.807, 2.05) is 0 Å². The van der Waals surface area contributed by atoms with Gasteiger partial charge in [0.25, 0.3) is 11.5 Å². The van der Waals surface area contributed by atoms with Gasteiger partial charge in [-0.3, -0.25) is 9.59 Å². The zero-order chi connectivity index (χ0) is 20.1. The summed E-state index contributed by atoms with van der Waals surface area (Å²) in [6.07, 6.45) is 0.460. The molecule has 1 aliphatic carbocycles. The van der Waals surface area contributed by atoms with E-state index in [4.69, 9.17) is 0 Å². The first-order valence-corrected chi connectivity index (χ1v) is 9.13. The Bertz CT molecular complexity index is 1160. The van der Waals surface area contributed by atoms with Crippen molar-refractivity contribution in [2.45, 2.75) is 31.6 Å². The molecule has 0 aliphatic heterocycles. The lowest BCUT2D eigenvalue weighted by molar-refractivity contribution is -0.136. The summed E-state index contributed by atoms with van der Waals surface area (Å²) in [5.41, 5.74) is 1.96. The Balaban J connectivity index is 2.04. The molecular weight excluding hydrogens is 364 g/mol. The average molecular weight is 383 g/mol. The number of halogens is 2. The Morgan fingerprint density at radius 2 is 1.89 bits per heavy atom. The van der Waals surface area contributed by atoms with Crippen molar-refractivity contribution in [2.24, 2.45) is 7.05 Å². The number of carboxylic acids is 1. The van der Waals surface area contributed by atoms with Crippen LogP contribution in [-0.4, -0.2) is 15.6 Å². The van der Waals surface area contributed by atoms with Gasteiger partial charge in [0.1, 0.15) is 0 Å². The largest absolute Gasteiger partial charge is 0.481 e. The third-order valence-corrected chi connectivity index (χ3v) is 5.47. The normalized spacial score (nSPS) is 15.4. The lowest BCUT2D eigenvalue weighted by atomic mass is 9.85. The van der Waals surface area contributed by atoms with Crippen LogP contribution in [0.15, 0.2) is 47.3 Å². The van der Waals surface area contributed by atoms with E-state index < -0.39 is 11.9 Å². The SMILES string of the molecule is Cn1c(CC(=O)O)c(-c2ccc3c(c2)CCCC3(F)F)c2ccccc2c1=O. The van der Waals surface area contributed by atoms with E-state index in [0.29, 0.717) is 46.0 Å². The molecule has 4 rings (SSSR count). The van der Waals surface area contributed by atoms with Gasteiger partial charge in [0, 0.05) is 35.7 Å². The zero-order valence-corrected chi connectivity index (χ0v) is 15.3. The number of pyridine rings is 1. The molecule has 0 fully saturated rings. The number of aryl methyl sites for hydroxylation is 1. The molecule has 0 saturated heterocycles. The van der Waals surface area contributed by atoms with Gasteiger partial charge >= 0.3 is 5.97 Å². The number of aliphatic carboxylic acids is 1. The number of aromatic nitrogens is 1. The van der Waals surface area contributed by atoms with E-state index >= 15 is 0 Å². The second-order valence-corrected chi connectivity index (χ2v) is 7.23. The molecule has 0 unspecified atom stereocenters. The maximum absolute atomic E-state index is 14.2. The van der Waals surface area contributed by atoms with Crippen molar-refractivity contribution in [2.75, 3.05) is 0 Å². The van der Waals surface area contributed by atoms with E-state index in [0.717, 1.165) is 0 Å². The highest BCUT2D eigenvalue weighted by Gasteiger charge is 2.36. The van der Waals surface area contributed by atoms with Gasteiger partial charge in [-0.2, -0.15) is 0 Å².